The summed E-state index contributed by atoms with van der Waals surface area (Å²) in [6, 6.07) is 7.68. The molecule has 0 saturated carbocycles. The molecule has 2 rings (SSSR count). The minimum atomic E-state index is -0.314. The molecular weight excluding hydrogens is 248 g/mol. The van der Waals surface area contributed by atoms with Crippen molar-refractivity contribution in [2.24, 2.45) is 11.7 Å². The fourth-order valence-electron chi connectivity index (χ4n) is 2.49. The average Bonchev–Trinajstić information content (AvgIpc) is 2.72. The van der Waals surface area contributed by atoms with Crippen LogP contribution in [0.5, 0.6) is 0 Å². The third kappa shape index (κ3) is 2.38. The Morgan fingerprint density at radius 1 is 1.39 bits per heavy atom. The Labute approximate surface area is 113 Å². The Bertz CT molecular complexity index is 442. The summed E-state index contributed by atoms with van der Waals surface area (Å²) in [5.41, 5.74) is 6.45. The van der Waals surface area contributed by atoms with E-state index in [0.29, 0.717) is 18.0 Å². The van der Waals surface area contributed by atoms with Gasteiger partial charge in [0.25, 0.3) is 0 Å². The second-order valence-corrected chi connectivity index (χ2v) is 5.81. The molecule has 0 aliphatic carbocycles. The maximum absolute atomic E-state index is 12.1. The van der Waals surface area contributed by atoms with Crippen LogP contribution in [-0.4, -0.2) is 23.9 Å². The number of carbonyl (C=O) groups excluding carboxylic acids is 1. The van der Waals surface area contributed by atoms with Gasteiger partial charge in [0.1, 0.15) is 0 Å². The largest absolute Gasteiger partial charge is 0.333 e. The summed E-state index contributed by atoms with van der Waals surface area (Å²) < 4.78 is 0. The van der Waals surface area contributed by atoms with Gasteiger partial charge in [-0.15, -0.1) is 0 Å². The van der Waals surface area contributed by atoms with E-state index in [-0.39, 0.29) is 17.4 Å². The number of likely N-dealkylation sites (tertiary alicyclic amines) is 1. The summed E-state index contributed by atoms with van der Waals surface area (Å²) in [5, 5.41) is 0.710. The predicted molar refractivity (Wildman–Crippen MR) is 73.4 cm³/mol. The smallest absolute Gasteiger partial charge is 0.223 e. The molecular formula is C14H19ClN2O. The maximum atomic E-state index is 12.1. The Morgan fingerprint density at radius 3 is 2.50 bits per heavy atom. The van der Waals surface area contributed by atoms with Crippen LogP contribution < -0.4 is 5.73 Å². The first-order valence-electron chi connectivity index (χ1n) is 6.21. The molecule has 0 radical (unpaired) electrons. The van der Waals surface area contributed by atoms with Crippen molar-refractivity contribution in [3.8, 4) is 0 Å². The summed E-state index contributed by atoms with van der Waals surface area (Å²) in [6.07, 6.45) is 0.563. The molecule has 1 aromatic carbocycles. The summed E-state index contributed by atoms with van der Waals surface area (Å²) in [5.74, 6) is 0.467. The van der Waals surface area contributed by atoms with Crippen molar-refractivity contribution in [2.75, 3.05) is 13.1 Å². The van der Waals surface area contributed by atoms with E-state index in [9.17, 15) is 4.79 Å². The first-order chi connectivity index (χ1) is 8.45. The van der Waals surface area contributed by atoms with Gasteiger partial charge in [-0.25, -0.2) is 0 Å². The van der Waals surface area contributed by atoms with Crippen molar-refractivity contribution in [1.82, 2.24) is 4.90 Å². The Morgan fingerprint density at radius 2 is 2.00 bits per heavy atom. The quantitative estimate of drug-likeness (QED) is 0.913. The van der Waals surface area contributed by atoms with Crippen LogP contribution in [0.2, 0.25) is 5.02 Å². The van der Waals surface area contributed by atoms with Gasteiger partial charge in [0.05, 0.1) is 5.54 Å². The van der Waals surface area contributed by atoms with E-state index in [1.54, 1.807) is 0 Å². The Kier molecular flexibility index (Phi) is 3.64. The van der Waals surface area contributed by atoms with Gasteiger partial charge < -0.3 is 10.6 Å². The fraction of sp³-hybridized carbons (Fsp3) is 0.500. The van der Waals surface area contributed by atoms with Crippen LogP contribution in [0.4, 0.5) is 0 Å². The molecule has 1 aromatic rings. The number of amides is 1. The van der Waals surface area contributed by atoms with Crippen LogP contribution in [0.3, 0.4) is 0 Å². The molecule has 1 aliphatic rings. The Balaban J connectivity index is 2.25. The zero-order valence-corrected chi connectivity index (χ0v) is 11.6. The lowest BCUT2D eigenvalue weighted by atomic mass is 9.92. The molecule has 1 atom stereocenters. The van der Waals surface area contributed by atoms with E-state index in [4.69, 9.17) is 17.3 Å². The van der Waals surface area contributed by atoms with Crippen LogP contribution in [0.15, 0.2) is 24.3 Å². The minimum Gasteiger partial charge on any atom is -0.333 e. The Hall–Kier alpha value is -1.06. The summed E-state index contributed by atoms with van der Waals surface area (Å²) in [7, 11) is 0. The lowest BCUT2D eigenvalue weighted by Gasteiger charge is -2.36. The van der Waals surface area contributed by atoms with Crippen LogP contribution in [0.1, 0.15) is 25.8 Å². The molecule has 1 aliphatic heterocycles. The number of hydrogen-bond acceptors (Lipinski definition) is 2. The lowest BCUT2D eigenvalue weighted by Crippen LogP contribution is -2.42. The molecule has 18 heavy (non-hydrogen) atoms. The molecule has 1 heterocycles. The van der Waals surface area contributed by atoms with E-state index in [1.165, 1.54) is 0 Å². The van der Waals surface area contributed by atoms with E-state index in [0.717, 1.165) is 12.1 Å². The van der Waals surface area contributed by atoms with Gasteiger partial charge in [0, 0.05) is 18.0 Å². The van der Waals surface area contributed by atoms with Gasteiger partial charge in [0.15, 0.2) is 0 Å². The number of halogens is 1. The number of nitrogens with zero attached hydrogens (tertiary/aromatic N) is 1. The highest BCUT2D eigenvalue weighted by Crippen LogP contribution is 2.33. The minimum absolute atomic E-state index is 0.186. The molecule has 1 amide bonds. The van der Waals surface area contributed by atoms with Crippen molar-refractivity contribution >= 4 is 17.5 Å². The van der Waals surface area contributed by atoms with Crippen LogP contribution >= 0.6 is 11.6 Å². The standard InChI is InChI=1S/C14H19ClN2O/c1-14(2,11-3-5-12(15)6-4-11)17-9-10(8-16)7-13(17)18/h3-6,10H,7-9,16H2,1-2H3. The lowest BCUT2D eigenvalue weighted by molar-refractivity contribution is -0.132. The van der Waals surface area contributed by atoms with Gasteiger partial charge in [-0.1, -0.05) is 23.7 Å². The fourth-order valence-corrected chi connectivity index (χ4v) is 2.62. The highest BCUT2D eigenvalue weighted by atomic mass is 35.5. The maximum Gasteiger partial charge on any atom is 0.223 e. The zero-order chi connectivity index (χ0) is 13.3. The SMILES string of the molecule is CC(C)(c1ccc(Cl)cc1)N1CC(CN)CC1=O. The third-order valence-electron chi connectivity index (χ3n) is 3.76. The van der Waals surface area contributed by atoms with Gasteiger partial charge >= 0.3 is 0 Å². The number of rotatable bonds is 3. The van der Waals surface area contributed by atoms with E-state index in [2.05, 4.69) is 13.8 Å². The van der Waals surface area contributed by atoms with Gasteiger partial charge in [-0.05, 0) is 44.0 Å². The van der Waals surface area contributed by atoms with Gasteiger partial charge in [-0.3, -0.25) is 4.79 Å². The molecule has 98 valence electrons. The zero-order valence-electron chi connectivity index (χ0n) is 10.8. The van der Waals surface area contributed by atoms with Gasteiger partial charge in [0.2, 0.25) is 5.91 Å². The van der Waals surface area contributed by atoms with Gasteiger partial charge in [-0.2, -0.15) is 0 Å². The van der Waals surface area contributed by atoms with Crippen molar-refractivity contribution in [3.63, 3.8) is 0 Å². The molecule has 4 heteroatoms. The van der Waals surface area contributed by atoms with Crippen molar-refractivity contribution in [2.45, 2.75) is 25.8 Å². The van der Waals surface area contributed by atoms with Crippen molar-refractivity contribution in [1.29, 1.82) is 0 Å². The summed E-state index contributed by atoms with van der Waals surface area (Å²) >= 11 is 5.90. The van der Waals surface area contributed by atoms with Crippen molar-refractivity contribution < 1.29 is 4.79 Å². The van der Waals surface area contributed by atoms with E-state index in [1.807, 2.05) is 29.2 Å². The normalized spacial score (nSPS) is 20.6. The monoisotopic (exact) mass is 266 g/mol. The number of carbonyl (C=O) groups is 1. The third-order valence-corrected chi connectivity index (χ3v) is 4.02. The van der Waals surface area contributed by atoms with Crippen LogP contribution in [-0.2, 0) is 10.3 Å². The molecule has 1 saturated heterocycles. The van der Waals surface area contributed by atoms with E-state index >= 15 is 0 Å². The number of nitrogens with two attached hydrogens (primary N) is 1. The first kappa shape index (κ1) is 13.4. The first-order valence-corrected chi connectivity index (χ1v) is 6.59. The molecule has 1 fully saturated rings. The molecule has 1 unspecified atom stereocenters. The summed E-state index contributed by atoms with van der Waals surface area (Å²) in [6.45, 7) is 5.43. The summed E-state index contributed by atoms with van der Waals surface area (Å²) in [4.78, 5) is 14.0. The van der Waals surface area contributed by atoms with Crippen molar-refractivity contribution in [3.05, 3.63) is 34.9 Å². The number of hydrogen-bond donors (Lipinski definition) is 1. The topological polar surface area (TPSA) is 46.3 Å². The predicted octanol–water partition coefficient (Wildman–Crippen LogP) is 2.38. The molecule has 0 aromatic heterocycles. The molecule has 3 nitrogen and oxygen atoms in total. The molecule has 2 N–H and O–H groups in total. The molecule has 0 bridgehead atoms. The molecule has 0 spiro atoms. The average molecular weight is 267 g/mol. The van der Waals surface area contributed by atoms with Crippen LogP contribution in [0.25, 0.3) is 0 Å². The highest BCUT2D eigenvalue weighted by molar-refractivity contribution is 6.30. The van der Waals surface area contributed by atoms with E-state index < -0.39 is 0 Å². The highest BCUT2D eigenvalue weighted by Gasteiger charge is 2.39. The second-order valence-electron chi connectivity index (χ2n) is 5.38. The second kappa shape index (κ2) is 4.90. The number of benzene rings is 1. The van der Waals surface area contributed by atoms with Crippen LogP contribution in [0, 0.1) is 5.92 Å².